The number of aliphatic hydroxyl groups excluding tert-OH is 1. The minimum atomic E-state index is -0.148. The third-order valence-electron chi connectivity index (χ3n) is 3.92. The summed E-state index contributed by atoms with van der Waals surface area (Å²) in [5.74, 6) is 1.21. The Morgan fingerprint density at radius 2 is 2.26 bits per heavy atom. The molecule has 2 rings (SSSR count). The van der Waals surface area contributed by atoms with Gasteiger partial charge in [-0.25, -0.2) is 0 Å². The molecule has 0 spiro atoms. The van der Waals surface area contributed by atoms with Crippen molar-refractivity contribution in [2.24, 2.45) is 11.7 Å². The molecule has 1 aliphatic rings. The highest BCUT2D eigenvalue weighted by Crippen LogP contribution is 2.23. The molecular weight excluding hydrogens is 240 g/mol. The van der Waals surface area contributed by atoms with Crippen LogP contribution in [0.15, 0.2) is 18.2 Å². The Bertz CT molecular complexity index is 423. The Morgan fingerprint density at radius 1 is 1.47 bits per heavy atom. The van der Waals surface area contributed by atoms with Gasteiger partial charge in [-0.05, 0) is 24.0 Å². The number of benzene rings is 1. The molecule has 19 heavy (non-hydrogen) atoms. The Morgan fingerprint density at radius 3 is 2.89 bits per heavy atom. The number of piperidine rings is 1. The van der Waals surface area contributed by atoms with Crippen LogP contribution in [-0.2, 0) is 13.1 Å². The summed E-state index contributed by atoms with van der Waals surface area (Å²) >= 11 is 0. The van der Waals surface area contributed by atoms with Crippen molar-refractivity contribution >= 4 is 0 Å². The monoisotopic (exact) mass is 264 g/mol. The van der Waals surface area contributed by atoms with Gasteiger partial charge in [0.05, 0.1) is 13.2 Å². The van der Waals surface area contributed by atoms with Crippen LogP contribution in [0.3, 0.4) is 0 Å². The van der Waals surface area contributed by atoms with E-state index >= 15 is 0 Å². The number of methoxy groups -OCH3 is 1. The minimum Gasteiger partial charge on any atom is -0.496 e. The molecule has 4 heteroatoms. The van der Waals surface area contributed by atoms with E-state index in [0.29, 0.717) is 12.5 Å². The van der Waals surface area contributed by atoms with E-state index in [0.717, 1.165) is 37.4 Å². The van der Waals surface area contributed by atoms with Crippen molar-refractivity contribution in [3.8, 4) is 5.75 Å². The Balaban J connectivity index is 2.03. The van der Waals surface area contributed by atoms with Crippen LogP contribution in [0.25, 0.3) is 0 Å². The zero-order valence-corrected chi connectivity index (χ0v) is 11.8. The number of aliphatic hydroxyl groups is 1. The van der Waals surface area contributed by atoms with Crippen LogP contribution in [0.4, 0.5) is 0 Å². The summed E-state index contributed by atoms with van der Waals surface area (Å²) in [6.45, 7) is 5.40. The van der Waals surface area contributed by atoms with Crippen molar-refractivity contribution in [2.45, 2.75) is 32.5 Å². The highest BCUT2D eigenvalue weighted by atomic mass is 16.5. The average molecular weight is 264 g/mol. The molecule has 0 bridgehead atoms. The maximum atomic E-state index is 9.75. The first-order valence-electron chi connectivity index (χ1n) is 6.90. The molecule has 1 heterocycles. The molecule has 0 saturated carbocycles. The molecule has 1 aromatic carbocycles. The molecule has 3 N–H and O–H groups in total. The predicted octanol–water partition coefficient (Wildman–Crippen LogP) is 1.36. The number of hydrogen-bond acceptors (Lipinski definition) is 4. The van der Waals surface area contributed by atoms with E-state index in [1.165, 1.54) is 5.56 Å². The minimum absolute atomic E-state index is 0.148. The van der Waals surface area contributed by atoms with Gasteiger partial charge in [-0.2, -0.15) is 0 Å². The number of likely N-dealkylation sites (tertiary alicyclic amines) is 1. The SMILES string of the molecule is COc1cc(CN2CCC(O)C(C)C2)ccc1CN. The number of nitrogens with zero attached hydrogens (tertiary/aromatic N) is 1. The van der Waals surface area contributed by atoms with Gasteiger partial charge in [-0.1, -0.05) is 19.1 Å². The molecule has 2 unspecified atom stereocenters. The van der Waals surface area contributed by atoms with Gasteiger partial charge in [0.15, 0.2) is 0 Å². The van der Waals surface area contributed by atoms with Crippen LogP contribution in [-0.4, -0.2) is 36.3 Å². The van der Waals surface area contributed by atoms with Crippen LogP contribution in [0, 0.1) is 5.92 Å². The Kier molecular flexibility index (Phi) is 4.80. The summed E-state index contributed by atoms with van der Waals surface area (Å²) in [7, 11) is 1.68. The lowest BCUT2D eigenvalue weighted by Gasteiger charge is -2.34. The first kappa shape index (κ1) is 14.3. The van der Waals surface area contributed by atoms with Crippen molar-refractivity contribution in [1.82, 2.24) is 4.90 Å². The van der Waals surface area contributed by atoms with E-state index in [2.05, 4.69) is 24.0 Å². The fraction of sp³-hybridized carbons (Fsp3) is 0.600. The summed E-state index contributed by atoms with van der Waals surface area (Å²) < 4.78 is 5.37. The Labute approximate surface area is 115 Å². The van der Waals surface area contributed by atoms with E-state index < -0.39 is 0 Å². The predicted molar refractivity (Wildman–Crippen MR) is 76.0 cm³/mol. The van der Waals surface area contributed by atoms with Crippen molar-refractivity contribution in [3.63, 3.8) is 0 Å². The van der Waals surface area contributed by atoms with Crippen LogP contribution >= 0.6 is 0 Å². The largest absolute Gasteiger partial charge is 0.496 e. The van der Waals surface area contributed by atoms with E-state index in [-0.39, 0.29) is 6.10 Å². The lowest BCUT2D eigenvalue weighted by molar-refractivity contribution is 0.0320. The lowest BCUT2D eigenvalue weighted by atomic mass is 9.96. The zero-order chi connectivity index (χ0) is 13.8. The summed E-state index contributed by atoms with van der Waals surface area (Å²) in [6.07, 6.45) is 0.713. The van der Waals surface area contributed by atoms with Gasteiger partial charge < -0.3 is 15.6 Å². The quantitative estimate of drug-likeness (QED) is 0.862. The lowest BCUT2D eigenvalue weighted by Crippen LogP contribution is -2.41. The molecule has 2 atom stereocenters. The molecule has 0 radical (unpaired) electrons. The smallest absolute Gasteiger partial charge is 0.123 e. The first-order chi connectivity index (χ1) is 9.13. The molecule has 4 nitrogen and oxygen atoms in total. The second-order valence-electron chi connectivity index (χ2n) is 5.42. The summed E-state index contributed by atoms with van der Waals surface area (Å²) in [4.78, 5) is 2.38. The molecule has 0 aliphatic carbocycles. The van der Waals surface area contributed by atoms with Crippen LogP contribution in [0.1, 0.15) is 24.5 Å². The van der Waals surface area contributed by atoms with Gasteiger partial charge in [0.1, 0.15) is 5.75 Å². The fourth-order valence-electron chi connectivity index (χ4n) is 2.68. The van der Waals surface area contributed by atoms with Gasteiger partial charge in [0, 0.05) is 31.7 Å². The molecule has 1 fully saturated rings. The molecule has 0 aromatic heterocycles. The molecule has 1 saturated heterocycles. The van der Waals surface area contributed by atoms with E-state index in [4.69, 9.17) is 10.5 Å². The van der Waals surface area contributed by atoms with Gasteiger partial charge >= 0.3 is 0 Å². The van der Waals surface area contributed by atoms with Crippen molar-refractivity contribution in [1.29, 1.82) is 0 Å². The highest BCUT2D eigenvalue weighted by Gasteiger charge is 2.24. The van der Waals surface area contributed by atoms with Crippen LogP contribution in [0.2, 0.25) is 0 Å². The maximum Gasteiger partial charge on any atom is 0.123 e. The molecule has 106 valence electrons. The summed E-state index contributed by atoms with van der Waals surface area (Å²) in [5, 5.41) is 9.75. The van der Waals surface area contributed by atoms with Crippen LogP contribution in [0.5, 0.6) is 5.75 Å². The maximum absolute atomic E-state index is 9.75. The second kappa shape index (κ2) is 6.37. The topological polar surface area (TPSA) is 58.7 Å². The third kappa shape index (κ3) is 3.47. The fourth-order valence-corrected chi connectivity index (χ4v) is 2.68. The highest BCUT2D eigenvalue weighted by molar-refractivity contribution is 5.37. The van der Waals surface area contributed by atoms with Gasteiger partial charge in [-0.15, -0.1) is 0 Å². The molecule has 0 amide bonds. The normalized spacial score (nSPS) is 24.4. The number of hydrogen-bond donors (Lipinski definition) is 2. The summed E-state index contributed by atoms with van der Waals surface area (Å²) in [5.41, 5.74) is 7.95. The van der Waals surface area contributed by atoms with E-state index in [1.807, 2.05) is 6.07 Å². The van der Waals surface area contributed by atoms with E-state index in [9.17, 15) is 5.11 Å². The van der Waals surface area contributed by atoms with Crippen molar-refractivity contribution in [3.05, 3.63) is 29.3 Å². The van der Waals surface area contributed by atoms with Crippen molar-refractivity contribution in [2.75, 3.05) is 20.2 Å². The van der Waals surface area contributed by atoms with Crippen LogP contribution < -0.4 is 10.5 Å². The van der Waals surface area contributed by atoms with E-state index in [1.54, 1.807) is 7.11 Å². The van der Waals surface area contributed by atoms with Gasteiger partial charge in [0.25, 0.3) is 0 Å². The first-order valence-corrected chi connectivity index (χ1v) is 6.90. The molecule has 1 aliphatic heterocycles. The standard InChI is InChI=1S/C15H24N2O2/c1-11-9-17(6-5-14(11)18)10-12-3-4-13(8-16)15(7-12)19-2/h3-4,7,11,14,18H,5-6,8-10,16H2,1-2H3. The average Bonchev–Trinajstić information content (AvgIpc) is 2.43. The number of rotatable bonds is 4. The number of ether oxygens (including phenoxy) is 1. The molecule has 1 aromatic rings. The number of nitrogens with two attached hydrogens (primary N) is 1. The zero-order valence-electron chi connectivity index (χ0n) is 11.8. The third-order valence-corrected chi connectivity index (χ3v) is 3.92. The Hall–Kier alpha value is -1.10. The van der Waals surface area contributed by atoms with Gasteiger partial charge in [0.2, 0.25) is 0 Å². The van der Waals surface area contributed by atoms with Crippen molar-refractivity contribution < 1.29 is 9.84 Å². The second-order valence-corrected chi connectivity index (χ2v) is 5.42. The molecular formula is C15H24N2O2. The summed E-state index contributed by atoms with van der Waals surface area (Å²) in [6, 6.07) is 6.22. The van der Waals surface area contributed by atoms with Gasteiger partial charge in [-0.3, -0.25) is 4.90 Å².